The van der Waals surface area contributed by atoms with Crippen LogP contribution in [0.5, 0.6) is 0 Å². The molecule has 0 atom stereocenters. The van der Waals surface area contributed by atoms with E-state index in [-0.39, 0.29) is 23.7 Å². The average molecular weight is 406 g/mol. The van der Waals surface area contributed by atoms with Crippen molar-refractivity contribution < 1.29 is 14.5 Å². The second-order valence-electron chi connectivity index (χ2n) is 6.56. The van der Waals surface area contributed by atoms with Gasteiger partial charge < -0.3 is 15.4 Å². The lowest BCUT2D eigenvalue weighted by Gasteiger charge is -2.24. The Balaban J connectivity index is 2.08. The van der Waals surface area contributed by atoms with Gasteiger partial charge in [-0.2, -0.15) is 0 Å². The number of hydrogen-bond donors (Lipinski definition) is 1. The first kappa shape index (κ1) is 20.8. The lowest BCUT2D eigenvalue weighted by atomic mass is 10.1. The molecule has 0 saturated heterocycles. The molecule has 0 saturated carbocycles. The zero-order valence-electron chi connectivity index (χ0n) is 16.5. The molecular weight excluding hydrogens is 384 g/mol. The molecule has 8 heteroatoms. The number of esters is 1. The Labute approximate surface area is 174 Å². The summed E-state index contributed by atoms with van der Waals surface area (Å²) in [5.41, 5.74) is 7.16. The number of anilines is 2. The van der Waals surface area contributed by atoms with Gasteiger partial charge in [-0.25, -0.2) is 9.78 Å². The highest BCUT2D eigenvalue weighted by molar-refractivity contribution is 5.98. The lowest BCUT2D eigenvalue weighted by Crippen LogP contribution is -2.25. The van der Waals surface area contributed by atoms with E-state index in [2.05, 4.69) is 4.98 Å². The Morgan fingerprint density at radius 3 is 2.07 bits per heavy atom. The topological polar surface area (TPSA) is 112 Å². The van der Waals surface area contributed by atoms with Crippen LogP contribution >= 0.6 is 0 Å². The smallest absolute Gasteiger partial charge is 0.342 e. The van der Waals surface area contributed by atoms with Crippen LogP contribution in [0.3, 0.4) is 0 Å². The Bertz CT molecular complexity index is 985. The van der Waals surface area contributed by atoms with Crippen molar-refractivity contribution in [2.24, 2.45) is 0 Å². The van der Waals surface area contributed by atoms with Crippen LogP contribution in [0.2, 0.25) is 0 Å². The summed E-state index contributed by atoms with van der Waals surface area (Å²) in [6, 6.07) is 19.1. The minimum absolute atomic E-state index is 0.0956. The summed E-state index contributed by atoms with van der Waals surface area (Å²) in [5, 5.41) is 11.9. The number of carbonyl (C=O) groups is 1. The second kappa shape index (κ2) is 9.51. The number of ether oxygens (including phenoxy) is 1. The van der Waals surface area contributed by atoms with Gasteiger partial charge in [0, 0.05) is 19.3 Å². The highest BCUT2D eigenvalue weighted by Gasteiger charge is 2.29. The quantitative estimate of drug-likeness (QED) is 0.342. The van der Waals surface area contributed by atoms with Gasteiger partial charge in [-0.3, -0.25) is 10.1 Å². The predicted octanol–water partition coefficient (Wildman–Crippen LogP) is 3.96. The van der Waals surface area contributed by atoms with Crippen LogP contribution in [0.4, 0.5) is 17.2 Å². The second-order valence-corrected chi connectivity index (χ2v) is 6.56. The van der Waals surface area contributed by atoms with Crippen LogP contribution in [0.25, 0.3) is 0 Å². The van der Waals surface area contributed by atoms with Gasteiger partial charge >= 0.3 is 11.7 Å². The number of nitrogens with two attached hydrogens (primary N) is 1. The molecule has 0 spiro atoms. The third-order valence-electron chi connectivity index (χ3n) is 4.48. The van der Waals surface area contributed by atoms with Crippen molar-refractivity contribution >= 4 is 23.2 Å². The molecule has 1 heterocycles. The van der Waals surface area contributed by atoms with Gasteiger partial charge in [0.05, 0.1) is 11.5 Å². The van der Waals surface area contributed by atoms with Gasteiger partial charge in [0.15, 0.2) is 0 Å². The number of pyridine rings is 1. The Hall–Kier alpha value is -3.94. The molecule has 0 aliphatic carbocycles. The standard InChI is InChI=1S/C22H22N4O4/c1-2-30-22(27)18-13-24-21(20(19(18)23)26(28)29)25(14-16-9-5-3-6-10-16)15-17-11-7-4-8-12-17/h3-13H,2,14-15H2,1H3,(H2,23,24). The highest BCUT2D eigenvalue weighted by Crippen LogP contribution is 2.36. The van der Waals surface area contributed by atoms with Crippen molar-refractivity contribution in [3.05, 3.63) is 93.7 Å². The number of nitrogen functional groups attached to an aromatic ring is 1. The minimum Gasteiger partial charge on any atom is -0.462 e. The number of rotatable bonds is 8. The molecule has 0 unspecified atom stereocenters. The average Bonchev–Trinajstić information content (AvgIpc) is 2.74. The molecule has 3 rings (SSSR count). The van der Waals surface area contributed by atoms with Gasteiger partial charge in [0.2, 0.25) is 5.82 Å². The zero-order valence-corrected chi connectivity index (χ0v) is 16.5. The van der Waals surface area contributed by atoms with Gasteiger partial charge in [0.25, 0.3) is 0 Å². The number of nitrogens with zero attached hydrogens (tertiary/aromatic N) is 3. The molecular formula is C22H22N4O4. The molecule has 3 aromatic rings. The van der Waals surface area contributed by atoms with Crippen molar-refractivity contribution in [1.29, 1.82) is 0 Å². The van der Waals surface area contributed by atoms with Crippen LogP contribution < -0.4 is 10.6 Å². The molecule has 0 bridgehead atoms. The van der Waals surface area contributed by atoms with Gasteiger partial charge in [0.1, 0.15) is 11.3 Å². The third-order valence-corrected chi connectivity index (χ3v) is 4.48. The largest absolute Gasteiger partial charge is 0.462 e. The Morgan fingerprint density at radius 1 is 1.07 bits per heavy atom. The van der Waals surface area contributed by atoms with Gasteiger partial charge in [-0.1, -0.05) is 60.7 Å². The molecule has 1 aromatic heterocycles. The monoisotopic (exact) mass is 406 g/mol. The molecule has 8 nitrogen and oxygen atoms in total. The summed E-state index contributed by atoms with van der Waals surface area (Å²) in [6.45, 7) is 2.53. The van der Waals surface area contributed by atoms with Crippen molar-refractivity contribution in [3.8, 4) is 0 Å². The van der Waals surface area contributed by atoms with E-state index >= 15 is 0 Å². The minimum atomic E-state index is -0.741. The number of benzene rings is 2. The van der Waals surface area contributed by atoms with Crippen LogP contribution in [-0.4, -0.2) is 22.5 Å². The highest BCUT2D eigenvalue weighted by atomic mass is 16.6. The number of hydrogen-bond acceptors (Lipinski definition) is 7. The molecule has 2 aromatic carbocycles. The summed E-state index contributed by atoms with van der Waals surface area (Å²) in [4.78, 5) is 29.4. The van der Waals surface area contributed by atoms with Crippen LogP contribution in [0.15, 0.2) is 66.9 Å². The van der Waals surface area contributed by atoms with Crippen LogP contribution in [-0.2, 0) is 17.8 Å². The molecule has 0 fully saturated rings. The van der Waals surface area contributed by atoms with Crippen molar-refractivity contribution in [2.45, 2.75) is 20.0 Å². The normalized spacial score (nSPS) is 10.4. The van der Waals surface area contributed by atoms with Crippen molar-refractivity contribution in [2.75, 3.05) is 17.2 Å². The first-order chi connectivity index (χ1) is 14.5. The van der Waals surface area contributed by atoms with E-state index in [1.165, 1.54) is 6.20 Å². The molecule has 0 amide bonds. The lowest BCUT2D eigenvalue weighted by molar-refractivity contribution is -0.383. The first-order valence-electron chi connectivity index (χ1n) is 9.44. The van der Waals surface area contributed by atoms with E-state index in [1.807, 2.05) is 60.7 Å². The fraction of sp³-hybridized carbons (Fsp3) is 0.182. The molecule has 0 radical (unpaired) electrons. The molecule has 30 heavy (non-hydrogen) atoms. The fourth-order valence-corrected chi connectivity index (χ4v) is 3.10. The number of nitro groups is 1. The SMILES string of the molecule is CCOC(=O)c1cnc(N(Cc2ccccc2)Cc2ccccc2)c([N+](=O)[O-])c1N. The molecule has 0 aliphatic heterocycles. The maximum Gasteiger partial charge on any atom is 0.342 e. The maximum atomic E-state index is 12.1. The molecule has 2 N–H and O–H groups in total. The van der Waals surface area contributed by atoms with Gasteiger partial charge in [-0.15, -0.1) is 0 Å². The summed E-state index contributed by atoms with van der Waals surface area (Å²) in [7, 11) is 0. The number of aromatic nitrogens is 1. The van der Waals surface area contributed by atoms with E-state index in [0.717, 1.165) is 11.1 Å². The first-order valence-corrected chi connectivity index (χ1v) is 9.44. The maximum absolute atomic E-state index is 12.1. The summed E-state index contributed by atoms with van der Waals surface area (Å²) >= 11 is 0. The Morgan fingerprint density at radius 2 is 1.60 bits per heavy atom. The number of carbonyl (C=O) groups excluding carboxylic acids is 1. The third kappa shape index (κ3) is 4.72. The summed E-state index contributed by atoms with van der Waals surface area (Å²) in [5.74, 6) is -0.645. The van der Waals surface area contributed by atoms with E-state index in [4.69, 9.17) is 10.5 Å². The van der Waals surface area contributed by atoms with E-state index < -0.39 is 16.6 Å². The Kier molecular flexibility index (Phi) is 6.59. The fourth-order valence-electron chi connectivity index (χ4n) is 3.10. The molecule has 154 valence electrons. The van der Waals surface area contributed by atoms with Crippen molar-refractivity contribution in [3.63, 3.8) is 0 Å². The van der Waals surface area contributed by atoms with Crippen LogP contribution in [0.1, 0.15) is 28.4 Å². The van der Waals surface area contributed by atoms with E-state index in [1.54, 1.807) is 11.8 Å². The van der Waals surface area contributed by atoms with E-state index in [0.29, 0.717) is 13.1 Å². The van der Waals surface area contributed by atoms with Gasteiger partial charge in [-0.05, 0) is 18.1 Å². The summed E-state index contributed by atoms with van der Waals surface area (Å²) in [6.07, 6.45) is 1.23. The van der Waals surface area contributed by atoms with Crippen LogP contribution in [0, 0.1) is 10.1 Å². The van der Waals surface area contributed by atoms with Crippen molar-refractivity contribution in [1.82, 2.24) is 4.98 Å². The summed E-state index contributed by atoms with van der Waals surface area (Å²) < 4.78 is 4.94. The predicted molar refractivity (Wildman–Crippen MR) is 114 cm³/mol. The zero-order chi connectivity index (χ0) is 21.5. The molecule has 0 aliphatic rings. The van der Waals surface area contributed by atoms with E-state index in [9.17, 15) is 14.9 Å².